The van der Waals surface area contributed by atoms with Crippen LogP contribution < -0.4 is 4.74 Å². The molecular weight excluding hydrogens is 556 g/mol. The van der Waals surface area contributed by atoms with Crippen LogP contribution in [0.3, 0.4) is 0 Å². The summed E-state index contributed by atoms with van der Waals surface area (Å²) in [7, 11) is 0. The Hall–Kier alpha value is -4.74. The molecule has 1 atom stereocenters. The lowest BCUT2D eigenvalue weighted by Gasteiger charge is -2.38. The van der Waals surface area contributed by atoms with E-state index in [0.29, 0.717) is 13.0 Å². The van der Waals surface area contributed by atoms with Crippen molar-refractivity contribution >= 4 is 0 Å². The summed E-state index contributed by atoms with van der Waals surface area (Å²) in [6.07, 6.45) is 7.29. The van der Waals surface area contributed by atoms with Crippen molar-refractivity contribution in [3.05, 3.63) is 162 Å². The van der Waals surface area contributed by atoms with E-state index < -0.39 is 5.41 Å². The maximum absolute atomic E-state index is 9.40. The van der Waals surface area contributed by atoms with Gasteiger partial charge < -0.3 is 19.7 Å². The van der Waals surface area contributed by atoms with Crippen molar-refractivity contribution < 1.29 is 19.7 Å². The van der Waals surface area contributed by atoms with Crippen LogP contribution in [0.15, 0.2) is 145 Å². The van der Waals surface area contributed by atoms with Crippen molar-refractivity contribution in [2.24, 2.45) is 0 Å². The summed E-state index contributed by atoms with van der Waals surface area (Å²) in [4.78, 5) is 0. The Kier molecular flexibility index (Phi) is 8.19. The highest BCUT2D eigenvalue weighted by Crippen LogP contribution is 2.61. The van der Waals surface area contributed by atoms with E-state index in [1.54, 1.807) is 0 Å². The van der Waals surface area contributed by atoms with Crippen LogP contribution in [0.5, 0.6) is 5.75 Å². The predicted octanol–water partition coefficient (Wildman–Crippen LogP) is 7.97. The van der Waals surface area contributed by atoms with E-state index in [9.17, 15) is 10.2 Å². The van der Waals surface area contributed by atoms with Crippen LogP contribution in [0, 0.1) is 0 Å². The fraction of sp³-hybridized carbons (Fsp3) is 0.171. The fourth-order valence-electron chi connectivity index (χ4n) is 7.12. The largest absolute Gasteiger partial charge is 0.491 e. The molecule has 1 unspecified atom stereocenters. The fourth-order valence-corrected chi connectivity index (χ4v) is 7.12. The van der Waals surface area contributed by atoms with E-state index >= 15 is 0 Å². The van der Waals surface area contributed by atoms with Gasteiger partial charge in [-0.3, -0.25) is 0 Å². The van der Waals surface area contributed by atoms with E-state index in [1.165, 1.54) is 50.1 Å². The van der Waals surface area contributed by atoms with Gasteiger partial charge in [0.1, 0.15) is 12.4 Å². The number of hydrogen-bond acceptors (Lipinski definition) is 4. The summed E-state index contributed by atoms with van der Waals surface area (Å²) >= 11 is 0. The van der Waals surface area contributed by atoms with Gasteiger partial charge in [-0.15, -0.1) is 0 Å². The minimum absolute atomic E-state index is 0.00281. The first-order valence-electron chi connectivity index (χ1n) is 15.6. The molecule has 0 aliphatic heterocycles. The predicted molar refractivity (Wildman–Crippen MR) is 180 cm³/mol. The van der Waals surface area contributed by atoms with Gasteiger partial charge in [-0.1, -0.05) is 127 Å². The minimum Gasteiger partial charge on any atom is -0.491 e. The first-order chi connectivity index (χ1) is 22.3. The zero-order chi connectivity index (χ0) is 30.6. The van der Waals surface area contributed by atoms with Crippen LogP contribution in [0.4, 0.5) is 0 Å². The summed E-state index contributed by atoms with van der Waals surface area (Å²) < 4.78 is 11.8. The van der Waals surface area contributed by atoms with E-state index in [2.05, 4.69) is 127 Å². The van der Waals surface area contributed by atoms with Crippen molar-refractivity contribution in [2.75, 3.05) is 26.4 Å². The first-order valence-corrected chi connectivity index (χ1v) is 15.6. The molecule has 224 valence electrons. The Morgan fingerprint density at radius 2 is 1.16 bits per heavy atom. The Morgan fingerprint density at radius 3 is 1.67 bits per heavy atom. The molecule has 7 rings (SSSR count). The Balaban J connectivity index is 1.56. The smallest absolute Gasteiger partial charge is 0.119 e. The Labute approximate surface area is 264 Å². The number of aliphatic hydroxyl groups is 2. The highest BCUT2D eigenvalue weighted by molar-refractivity contribution is 5.97. The maximum Gasteiger partial charge on any atom is 0.119 e. The molecule has 0 aromatic heterocycles. The second-order valence-electron chi connectivity index (χ2n) is 11.4. The average molecular weight is 593 g/mol. The number of ether oxygens (including phenoxy) is 2. The van der Waals surface area contributed by atoms with E-state index in [1.807, 2.05) is 12.1 Å². The molecule has 0 bridgehead atoms. The van der Waals surface area contributed by atoms with Gasteiger partial charge in [-0.2, -0.15) is 0 Å². The third-order valence-corrected chi connectivity index (χ3v) is 8.90. The molecule has 5 aromatic carbocycles. The van der Waals surface area contributed by atoms with Crippen molar-refractivity contribution in [3.63, 3.8) is 0 Å². The van der Waals surface area contributed by atoms with Gasteiger partial charge in [-0.05, 0) is 74.2 Å². The molecule has 0 amide bonds. The highest BCUT2D eigenvalue weighted by atomic mass is 16.5. The molecule has 5 aromatic rings. The molecule has 4 nitrogen and oxygen atoms in total. The molecule has 0 heterocycles. The van der Waals surface area contributed by atoms with Crippen molar-refractivity contribution in [1.82, 2.24) is 0 Å². The van der Waals surface area contributed by atoms with Crippen LogP contribution in [0.1, 0.15) is 23.1 Å². The highest BCUT2D eigenvalue weighted by Gasteiger charge is 2.50. The number of fused-ring (bicyclic) bond motifs is 3. The van der Waals surface area contributed by atoms with Crippen molar-refractivity contribution in [1.29, 1.82) is 0 Å². The monoisotopic (exact) mass is 592 g/mol. The average Bonchev–Trinajstić information content (AvgIpc) is 3.42. The number of benzene rings is 5. The standard InChI is InChI=1S/C41H36O4/c42-25-27-44-33-21-17-31(18-22-33)41(32-19-23-34(24-20-32)45-28-26-43)39-35(29-9-3-1-4-10-29)13-7-15-37(39)38-16-8-14-36(40(38)41)30-11-5-2-6-12-30/h1-23,34,42-43H,24-28H2. The van der Waals surface area contributed by atoms with Gasteiger partial charge in [0.05, 0.1) is 31.3 Å². The van der Waals surface area contributed by atoms with Gasteiger partial charge in [-0.25, -0.2) is 0 Å². The number of aliphatic hydroxyl groups excluding tert-OH is 2. The van der Waals surface area contributed by atoms with Gasteiger partial charge in [0.15, 0.2) is 0 Å². The summed E-state index contributed by atoms with van der Waals surface area (Å²) in [5.74, 6) is 0.722. The topological polar surface area (TPSA) is 58.9 Å². The molecule has 0 spiro atoms. The molecule has 0 saturated carbocycles. The number of allylic oxidation sites excluding steroid dienone is 2. The molecule has 2 N–H and O–H groups in total. The lowest BCUT2D eigenvalue weighted by Crippen LogP contribution is -2.32. The molecule has 0 radical (unpaired) electrons. The van der Waals surface area contributed by atoms with Crippen LogP contribution >= 0.6 is 0 Å². The van der Waals surface area contributed by atoms with Crippen LogP contribution in [-0.2, 0) is 10.2 Å². The van der Waals surface area contributed by atoms with Crippen molar-refractivity contribution in [2.45, 2.75) is 17.9 Å². The summed E-state index contributed by atoms with van der Waals surface area (Å²) in [6.45, 7) is 0.512. The molecular formula is C41H36O4. The normalized spacial score (nSPS) is 16.1. The lowest BCUT2D eigenvalue weighted by atomic mass is 9.63. The van der Waals surface area contributed by atoms with Crippen LogP contribution in [0.2, 0.25) is 0 Å². The molecule has 2 aliphatic carbocycles. The van der Waals surface area contributed by atoms with Gasteiger partial charge in [0.2, 0.25) is 0 Å². The molecule has 0 saturated heterocycles. The van der Waals surface area contributed by atoms with E-state index in [4.69, 9.17) is 9.47 Å². The minimum atomic E-state index is -0.655. The number of hydrogen-bond donors (Lipinski definition) is 2. The molecule has 45 heavy (non-hydrogen) atoms. The second kappa shape index (κ2) is 12.7. The van der Waals surface area contributed by atoms with Gasteiger partial charge in [0.25, 0.3) is 0 Å². The maximum atomic E-state index is 9.40. The first kappa shape index (κ1) is 29.0. The van der Waals surface area contributed by atoms with Crippen LogP contribution in [0.25, 0.3) is 33.4 Å². The SMILES string of the molecule is OCCOc1ccc(C2(C3=CCC(OCCO)C=C3)c3c(-c4ccccc4)cccc3-c3cccc(-c4ccccc4)c32)cc1. The third-order valence-electron chi connectivity index (χ3n) is 8.90. The van der Waals surface area contributed by atoms with E-state index in [0.717, 1.165) is 11.3 Å². The van der Waals surface area contributed by atoms with Gasteiger partial charge in [0, 0.05) is 0 Å². The van der Waals surface area contributed by atoms with Crippen LogP contribution in [-0.4, -0.2) is 42.7 Å². The lowest BCUT2D eigenvalue weighted by molar-refractivity contribution is 0.0553. The zero-order valence-corrected chi connectivity index (χ0v) is 25.1. The third kappa shape index (κ3) is 5.11. The summed E-state index contributed by atoms with van der Waals surface area (Å²) in [6, 6.07) is 43.0. The summed E-state index contributed by atoms with van der Waals surface area (Å²) in [5, 5.41) is 18.8. The Morgan fingerprint density at radius 1 is 0.600 bits per heavy atom. The van der Waals surface area contributed by atoms with E-state index in [-0.39, 0.29) is 25.9 Å². The van der Waals surface area contributed by atoms with Crippen molar-refractivity contribution in [3.8, 4) is 39.1 Å². The molecule has 0 fully saturated rings. The zero-order valence-electron chi connectivity index (χ0n) is 25.1. The molecule has 4 heteroatoms. The molecule has 2 aliphatic rings. The number of rotatable bonds is 10. The Bertz CT molecular complexity index is 1750. The van der Waals surface area contributed by atoms with Gasteiger partial charge >= 0.3 is 0 Å². The quantitative estimate of drug-likeness (QED) is 0.173. The summed E-state index contributed by atoms with van der Waals surface area (Å²) in [5.41, 5.74) is 11.3. The second-order valence-corrected chi connectivity index (χ2v) is 11.4.